The molecular formula is C21H21ClN2O3S. The average Bonchev–Trinajstić information content (AvgIpc) is 3.43. The summed E-state index contributed by atoms with van der Waals surface area (Å²) < 4.78 is 0. The van der Waals surface area contributed by atoms with E-state index in [2.05, 4.69) is 4.90 Å². The van der Waals surface area contributed by atoms with E-state index in [0.717, 1.165) is 38.0 Å². The molecule has 0 radical (unpaired) electrons. The number of ketones is 1. The number of hydrogen-bond acceptors (Lipinski definition) is 5. The Bertz CT molecular complexity index is 919. The maximum Gasteiger partial charge on any atom is 0.290 e. The zero-order valence-electron chi connectivity index (χ0n) is 15.3. The van der Waals surface area contributed by atoms with E-state index in [-0.39, 0.29) is 11.4 Å². The lowest BCUT2D eigenvalue weighted by molar-refractivity contribution is -0.129. The van der Waals surface area contributed by atoms with Gasteiger partial charge < -0.3 is 14.9 Å². The van der Waals surface area contributed by atoms with Gasteiger partial charge in [0.1, 0.15) is 0 Å². The third-order valence-corrected chi connectivity index (χ3v) is 6.42. The lowest BCUT2D eigenvalue weighted by Crippen LogP contribution is -2.37. The fraction of sp³-hybridized carbons (Fsp3) is 0.333. The van der Waals surface area contributed by atoms with Gasteiger partial charge in [-0.25, -0.2) is 0 Å². The molecule has 2 aliphatic rings. The number of carbonyl (C=O) groups excluding carboxylic acids is 2. The summed E-state index contributed by atoms with van der Waals surface area (Å²) in [6.07, 6.45) is 2.33. The van der Waals surface area contributed by atoms with Crippen LogP contribution in [0.3, 0.4) is 0 Å². The topological polar surface area (TPSA) is 60.9 Å². The molecular weight excluding hydrogens is 396 g/mol. The molecule has 146 valence electrons. The summed E-state index contributed by atoms with van der Waals surface area (Å²) >= 11 is 7.48. The van der Waals surface area contributed by atoms with Crippen LogP contribution in [0.5, 0.6) is 0 Å². The van der Waals surface area contributed by atoms with E-state index in [1.54, 1.807) is 40.6 Å². The van der Waals surface area contributed by atoms with Crippen LogP contribution in [0, 0.1) is 0 Å². The second kappa shape index (κ2) is 8.07. The first kappa shape index (κ1) is 19.2. The molecule has 1 unspecified atom stereocenters. The summed E-state index contributed by atoms with van der Waals surface area (Å²) in [4.78, 5) is 30.4. The lowest BCUT2D eigenvalue weighted by atomic mass is 9.95. The van der Waals surface area contributed by atoms with Crippen molar-refractivity contribution in [2.24, 2.45) is 0 Å². The number of aliphatic hydroxyl groups excluding tert-OH is 1. The molecule has 1 atom stereocenters. The van der Waals surface area contributed by atoms with Crippen LogP contribution in [0.15, 0.2) is 53.1 Å². The highest BCUT2D eigenvalue weighted by Crippen LogP contribution is 2.40. The second-order valence-corrected chi connectivity index (χ2v) is 8.46. The molecule has 5 nitrogen and oxygen atoms in total. The number of thiophene rings is 1. The van der Waals surface area contributed by atoms with Crippen molar-refractivity contribution in [2.75, 3.05) is 26.2 Å². The van der Waals surface area contributed by atoms with Crippen molar-refractivity contribution in [3.63, 3.8) is 0 Å². The third-order valence-electron chi connectivity index (χ3n) is 5.31. The smallest absolute Gasteiger partial charge is 0.290 e. The first-order valence-electron chi connectivity index (χ1n) is 9.36. The standard InChI is InChI=1S/C21H21ClN2O3S/c22-15-6-3-5-14(13-15)18-17(19(25)16-7-4-12-28-16)20(26)21(27)24(18)11-10-23-8-1-2-9-23/h3-7,12-13,18,26H,1-2,8-11H2. The van der Waals surface area contributed by atoms with Crippen molar-refractivity contribution in [1.82, 2.24) is 9.80 Å². The predicted octanol–water partition coefficient (Wildman–Crippen LogP) is 4.08. The summed E-state index contributed by atoms with van der Waals surface area (Å²) in [6, 6.07) is 9.99. The van der Waals surface area contributed by atoms with E-state index in [9.17, 15) is 14.7 Å². The Hall–Kier alpha value is -2.15. The molecule has 1 saturated heterocycles. The highest BCUT2D eigenvalue weighted by molar-refractivity contribution is 7.12. The Balaban J connectivity index is 1.70. The van der Waals surface area contributed by atoms with Crippen LogP contribution in [-0.4, -0.2) is 52.8 Å². The number of nitrogens with zero attached hydrogens (tertiary/aromatic N) is 2. The van der Waals surface area contributed by atoms with Crippen molar-refractivity contribution in [3.8, 4) is 0 Å². The normalized spacial score (nSPS) is 20.4. The summed E-state index contributed by atoms with van der Waals surface area (Å²) in [6.45, 7) is 3.20. The monoisotopic (exact) mass is 416 g/mol. The molecule has 0 spiro atoms. The summed E-state index contributed by atoms with van der Waals surface area (Å²) in [7, 11) is 0. The number of aliphatic hydroxyl groups is 1. The molecule has 1 N–H and O–H groups in total. The molecule has 0 saturated carbocycles. The first-order valence-corrected chi connectivity index (χ1v) is 10.6. The maximum absolute atomic E-state index is 13.1. The van der Waals surface area contributed by atoms with Gasteiger partial charge in [-0.2, -0.15) is 0 Å². The zero-order chi connectivity index (χ0) is 19.7. The van der Waals surface area contributed by atoms with Crippen molar-refractivity contribution < 1.29 is 14.7 Å². The molecule has 1 amide bonds. The van der Waals surface area contributed by atoms with Crippen molar-refractivity contribution in [2.45, 2.75) is 18.9 Å². The van der Waals surface area contributed by atoms with Gasteiger partial charge in [-0.3, -0.25) is 9.59 Å². The Morgan fingerprint density at radius 3 is 2.64 bits per heavy atom. The molecule has 28 heavy (non-hydrogen) atoms. The molecule has 1 aromatic heterocycles. The quantitative estimate of drug-likeness (QED) is 0.721. The number of rotatable bonds is 6. The predicted molar refractivity (Wildman–Crippen MR) is 110 cm³/mol. The number of amides is 1. The van der Waals surface area contributed by atoms with Gasteiger partial charge in [0.05, 0.1) is 16.5 Å². The molecule has 1 aromatic carbocycles. The third kappa shape index (κ3) is 3.60. The van der Waals surface area contributed by atoms with E-state index in [1.807, 2.05) is 6.07 Å². The van der Waals surface area contributed by atoms with Gasteiger partial charge in [0.25, 0.3) is 5.91 Å². The number of carbonyl (C=O) groups is 2. The van der Waals surface area contributed by atoms with Crippen LogP contribution in [0.25, 0.3) is 0 Å². The highest BCUT2D eigenvalue weighted by atomic mass is 35.5. The van der Waals surface area contributed by atoms with E-state index < -0.39 is 17.7 Å². The summed E-state index contributed by atoms with van der Waals surface area (Å²) in [5.74, 6) is -1.26. The minimum Gasteiger partial charge on any atom is -0.503 e. The minimum atomic E-state index is -0.636. The van der Waals surface area contributed by atoms with Crippen LogP contribution in [0.2, 0.25) is 5.02 Å². The maximum atomic E-state index is 13.1. The van der Waals surface area contributed by atoms with Gasteiger partial charge in [-0.1, -0.05) is 29.8 Å². The van der Waals surface area contributed by atoms with E-state index in [1.165, 1.54) is 11.3 Å². The fourth-order valence-electron chi connectivity index (χ4n) is 3.94. The molecule has 0 bridgehead atoms. The number of likely N-dealkylation sites (tertiary alicyclic amines) is 1. The highest BCUT2D eigenvalue weighted by Gasteiger charge is 2.44. The zero-order valence-corrected chi connectivity index (χ0v) is 16.9. The number of halogens is 1. The second-order valence-electron chi connectivity index (χ2n) is 7.07. The molecule has 0 aliphatic carbocycles. The fourth-order valence-corrected chi connectivity index (χ4v) is 4.81. The van der Waals surface area contributed by atoms with Crippen LogP contribution in [-0.2, 0) is 4.79 Å². The van der Waals surface area contributed by atoms with Crippen molar-refractivity contribution >= 4 is 34.6 Å². The van der Waals surface area contributed by atoms with E-state index in [4.69, 9.17) is 11.6 Å². The van der Waals surface area contributed by atoms with Crippen LogP contribution < -0.4 is 0 Å². The molecule has 3 heterocycles. The van der Waals surface area contributed by atoms with Crippen molar-refractivity contribution in [1.29, 1.82) is 0 Å². The Labute approximate surface area is 172 Å². The average molecular weight is 417 g/mol. The van der Waals surface area contributed by atoms with Crippen molar-refractivity contribution in [3.05, 3.63) is 68.6 Å². The van der Waals surface area contributed by atoms with E-state index >= 15 is 0 Å². The Kier molecular flexibility index (Phi) is 5.53. The minimum absolute atomic E-state index is 0.135. The number of hydrogen-bond donors (Lipinski definition) is 1. The van der Waals surface area contributed by atoms with Crippen LogP contribution in [0.1, 0.15) is 34.1 Å². The lowest BCUT2D eigenvalue weighted by Gasteiger charge is -2.28. The Morgan fingerprint density at radius 1 is 1.18 bits per heavy atom. The van der Waals surface area contributed by atoms with Crippen LogP contribution >= 0.6 is 22.9 Å². The SMILES string of the molecule is O=C(C1=C(O)C(=O)N(CCN2CCCC2)C1c1cccc(Cl)c1)c1cccs1. The molecule has 2 aliphatic heterocycles. The largest absolute Gasteiger partial charge is 0.503 e. The van der Waals surface area contributed by atoms with Gasteiger partial charge >= 0.3 is 0 Å². The first-order chi connectivity index (χ1) is 13.6. The Morgan fingerprint density at radius 2 is 1.96 bits per heavy atom. The van der Waals surface area contributed by atoms with Gasteiger partial charge in [-0.15, -0.1) is 11.3 Å². The molecule has 7 heteroatoms. The summed E-state index contributed by atoms with van der Waals surface area (Å²) in [5.41, 5.74) is 0.863. The molecule has 2 aromatic rings. The van der Waals surface area contributed by atoms with Gasteiger partial charge in [0.15, 0.2) is 5.76 Å². The van der Waals surface area contributed by atoms with Gasteiger partial charge in [-0.05, 0) is 55.1 Å². The molecule has 4 rings (SSSR count). The number of Topliss-reactive ketones (excluding diaryl/α,β-unsaturated/α-hetero) is 1. The van der Waals surface area contributed by atoms with Crippen LogP contribution in [0.4, 0.5) is 0 Å². The van der Waals surface area contributed by atoms with Gasteiger partial charge in [0, 0.05) is 18.1 Å². The van der Waals surface area contributed by atoms with Gasteiger partial charge in [0.2, 0.25) is 5.78 Å². The molecule has 1 fully saturated rings. The summed E-state index contributed by atoms with van der Waals surface area (Å²) in [5, 5.41) is 12.9. The van der Waals surface area contributed by atoms with E-state index in [0.29, 0.717) is 16.4 Å². The number of benzene rings is 1.